The Morgan fingerprint density at radius 2 is 2.09 bits per heavy atom. The van der Waals surface area contributed by atoms with E-state index in [4.69, 9.17) is 4.74 Å². The average Bonchev–Trinajstić information content (AvgIpc) is 2.60. The number of aromatic hydroxyl groups is 1. The molecule has 0 saturated carbocycles. The number of phenols is 1. The molecule has 0 aliphatic carbocycles. The van der Waals surface area contributed by atoms with Crippen LogP contribution in [0, 0.1) is 0 Å². The number of hydrogen-bond donors (Lipinski definition) is 2. The topological polar surface area (TPSA) is 67.3 Å². The van der Waals surface area contributed by atoms with Gasteiger partial charge >= 0.3 is 0 Å². The quantitative estimate of drug-likeness (QED) is 0.888. The maximum absolute atomic E-state index is 10.1. The fourth-order valence-electron chi connectivity index (χ4n) is 3.14. The summed E-state index contributed by atoms with van der Waals surface area (Å²) in [5.74, 6) is 0.722. The van der Waals surface area contributed by atoms with Gasteiger partial charge in [-0.1, -0.05) is 6.42 Å². The number of ether oxygens (including phenoxy) is 1. The third-order valence-electron chi connectivity index (χ3n) is 4.30. The molecule has 122 valence electrons. The Hall–Kier alpha value is -2.14. The monoisotopic (exact) mass is 313 g/mol. The number of rotatable bonds is 5. The van der Waals surface area contributed by atoms with Crippen LogP contribution in [0.1, 0.15) is 31.2 Å². The summed E-state index contributed by atoms with van der Waals surface area (Å²) in [7, 11) is 1.58. The fourth-order valence-corrected chi connectivity index (χ4v) is 3.14. The molecule has 1 fully saturated rings. The standard InChI is InChI=1S/C18H23N3O2/c1-23-18-17(20-8-9-21-18)14-10-13(11-16(22)12-14)5-6-15-4-2-3-7-19-15/h8-12,15,19,22H,2-7H2,1H3/t15-/m1/s1. The molecule has 2 heterocycles. The van der Waals surface area contributed by atoms with Gasteiger partial charge in [-0.15, -0.1) is 0 Å². The molecule has 1 aromatic carbocycles. The number of aromatic nitrogens is 2. The van der Waals surface area contributed by atoms with Crippen molar-refractivity contribution in [2.24, 2.45) is 0 Å². The van der Waals surface area contributed by atoms with Gasteiger partial charge in [0.05, 0.1) is 7.11 Å². The Bertz CT molecular complexity index is 654. The molecule has 3 rings (SSSR count). The van der Waals surface area contributed by atoms with E-state index in [0.717, 1.165) is 30.5 Å². The number of methoxy groups -OCH3 is 1. The maximum Gasteiger partial charge on any atom is 0.240 e. The SMILES string of the molecule is COc1nccnc1-c1cc(O)cc(CC[C@H]2CCCCN2)c1. The second kappa shape index (κ2) is 7.42. The van der Waals surface area contributed by atoms with Gasteiger partial charge in [0.25, 0.3) is 0 Å². The van der Waals surface area contributed by atoms with Crippen LogP contribution in [-0.2, 0) is 6.42 Å². The minimum absolute atomic E-state index is 0.252. The third kappa shape index (κ3) is 3.99. The lowest BCUT2D eigenvalue weighted by Gasteiger charge is -2.23. The van der Waals surface area contributed by atoms with E-state index in [1.54, 1.807) is 25.6 Å². The van der Waals surface area contributed by atoms with Gasteiger partial charge in [0, 0.05) is 24.0 Å². The first-order chi connectivity index (χ1) is 11.3. The molecular formula is C18H23N3O2. The Balaban J connectivity index is 1.78. The van der Waals surface area contributed by atoms with Crippen molar-refractivity contribution in [3.63, 3.8) is 0 Å². The van der Waals surface area contributed by atoms with Gasteiger partial charge in [-0.3, -0.25) is 0 Å². The predicted molar refractivity (Wildman–Crippen MR) is 89.6 cm³/mol. The minimum atomic E-state index is 0.252. The van der Waals surface area contributed by atoms with Crippen molar-refractivity contribution in [1.82, 2.24) is 15.3 Å². The lowest BCUT2D eigenvalue weighted by molar-refractivity contribution is 0.382. The molecule has 2 N–H and O–H groups in total. The van der Waals surface area contributed by atoms with Crippen LogP contribution in [0.25, 0.3) is 11.3 Å². The summed E-state index contributed by atoms with van der Waals surface area (Å²) >= 11 is 0. The largest absolute Gasteiger partial charge is 0.508 e. The Morgan fingerprint density at radius 3 is 2.87 bits per heavy atom. The first-order valence-corrected chi connectivity index (χ1v) is 8.18. The summed E-state index contributed by atoms with van der Waals surface area (Å²) in [6.07, 6.45) is 9.07. The number of phenolic OH excluding ortho intramolecular Hbond substituents is 1. The van der Waals surface area contributed by atoms with Crippen LogP contribution >= 0.6 is 0 Å². The molecule has 5 heteroatoms. The average molecular weight is 313 g/mol. The molecule has 1 aliphatic rings. The van der Waals surface area contributed by atoms with E-state index in [-0.39, 0.29) is 5.75 Å². The van der Waals surface area contributed by atoms with E-state index in [2.05, 4.69) is 21.4 Å². The highest BCUT2D eigenvalue weighted by Crippen LogP contribution is 2.30. The van der Waals surface area contributed by atoms with E-state index in [1.807, 2.05) is 6.07 Å². The van der Waals surface area contributed by atoms with E-state index in [9.17, 15) is 5.11 Å². The van der Waals surface area contributed by atoms with Crippen LogP contribution in [-0.4, -0.2) is 34.8 Å². The lowest BCUT2D eigenvalue weighted by Crippen LogP contribution is -2.34. The van der Waals surface area contributed by atoms with Crippen molar-refractivity contribution in [1.29, 1.82) is 0 Å². The van der Waals surface area contributed by atoms with Crippen LogP contribution in [0.4, 0.5) is 0 Å². The van der Waals surface area contributed by atoms with Crippen molar-refractivity contribution < 1.29 is 9.84 Å². The zero-order valence-corrected chi connectivity index (χ0v) is 13.5. The smallest absolute Gasteiger partial charge is 0.240 e. The number of nitrogens with one attached hydrogen (secondary N) is 1. The minimum Gasteiger partial charge on any atom is -0.508 e. The molecule has 1 atom stereocenters. The first-order valence-electron chi connectivity index (χ1n) is 8.18. The first kappa shape index (κ1) is 15.7. The van der Waals surface area contributed by atoms with Gasteiger partial charge in [0.1, 0.15) is 11.4 Å². The summed E-state index contributed by atoms with van der Waals surface area (Å²) in [6, 6.07) is 6.18. The van der Waals surface area contributed by atoms with Gasteiger partial charge in [0.15, 0.2) is 0 Å². The number of nitrogens with zero attached hydrogens (tertiary/aromatic N) is 2. The molecule has 0 amide bonds. The molecule has 1 aliphatic heterocycles. The fraction of sp³-hybridized carbons (Fsp3) is 0.444. The molecule has 1 aromatic heterocycles. The molecule has 2 aromatic rings. The number of hydrogen-bond acceptors (Lipinski definition) is 5. The van der Waals surface area contributed by atoms with Crippen LogP contribution in [0.5, 0.6) is 11.6 Å². The summed E-state index contributed by atoms with van der Waals surface area (Å²) in [6.45, 7) is 1.12. The van der Waals surface area contributed by atoms with Crippen molar-refractivity contribution >= 4 is 0 Å². The Labute approximate surface area is 136 Å². The van der Waals surface area contributed by atoms with Crippen molar-refractivity contribution in [3.8, 4) is 22.9 Å². The summed E-state index contributed by atoms with van der Waals surface area (Å²) in [5, 5.41) is 13.6. The zero-order valence-electron chi connectivity index (χ0n) is 13.5. The molecule has 1 saturated heterocycles. The van der Waals surface area contributed by atoms with Crippen LogP contribution in [0.15, 0.2) is 30.6 Å². The summed E-state index contributed by atoms with van der Waals surface area (Å²) in [4.78, 5) is 8.52. The molecule has 0 unspecified atom stereocenters. The zero-order chi connectivity index (χ0) is 16.1. The molecule has 0 bridgehead atoms. The summed E-state index contributed by atoms with van der Waals surface area (Å²) in [5.41, 5.74) is 2.60. The van der Waals surface area contributed by atoms with Gasteiger partial charge in [0.2, 0.25) is 5.88 Å². The highest BCUT2D eigenvalue weighted by molar-refractivity contribution is 5.66. The van der Waals surface area contributed by atoms with Crippen molar-refractivity contribution in [2.45, 2.75) is 38.1 Å². The predicted octanol–water partition coefficient (Wildman–Crippen LogP) is 2.93. The normalized spacial score (nSPS) is 17.9. The molecule has 0 spiro atoms. The second-order valence-electron chi connectivity index (χ2n) is 5.99. The number of piperidine rings is 1. The Kier molecular flexibility index (Phi) is 5.08. The lowest BCUT2D eigenvalue weighted by atomic mass is 9.96. The maximum atomic E-state index is 10.1. The van der Waals surface area contributed by atoms with E-state index < -0.39 is 0 Å². The van der Waals surface area contributed by atoms with Gasteiger partial charge in [-0.05, 0) is 56.0 Å². The van der Waals surface area contributed by atoms with Crippen molar-refractivity contribution in [3.05, 3.63) is 36.2 Å². The van der Waals surface area contributed by atoms with E-state index in [1.165, 1.54) is 19.3 Å². The third-order valence-corrected chi connectivity index (χ3v) is 4.30. The molecular weight excluding hydrogens is 290 g/mol. The van der Waals surface area contributed by atoms with Crippen LogP contribution in [0.3, 0.4) is 0 Å². The van der Waals surface area contributed by atoms with Gasteiger partial charge in [-0.25, -0.2) is 9.97 Å². The van der Waals surface area contributed by atoms with Crippen molar-refractivity contribution in [2.75, 3.05) is 13.7 Å². The molecule has 23 heavy (non-hydrogen) atoms. The Morgan fingerprint density at radius 1 is 1.22 bits per heavy atom. The highest BCUT2D eigenvalue weighted by Gasteiger charge is 2.14. The van der Waals surface area contributed by atoms with E-state index >= 15 is 0 Å². The number of benzene rings is 1. The molecule has 0 radical (unpaired) electrons. The second-order valence-corrected chi connectivity index (χ2v) is 5.99. The number of aryl methyl sites for hydroxylation is 1. The van der Waals surface area contributed by atoms with E-state index in [0.29, 0.717) is 17.6 Å². The molecule has 5 nitrogen and oxygen atoms in total. The van der Waals surface area contributed by atoms with Gasteiger partial charge in [-0.2, -0.15) is 0 Å². The summed E-state index contributed by atoms with van der Waals surface area (Å²) < 4.78 is 5.27. The van der Waals surface area contributed by atoms with Crippen LogP contribution in [0.2, 0.25) is 0 Å². The van der Waals surface area contributed by atoms with Gasteiger partial charge < -0.3 is 15.2 Å². The highest BCUT2D eigenvalue weighted by atomic mass is 16.5. The van der Waals surface area contributed by atoms with Crippen LogP contribution < -0.4 is 10.1 Å².